The zero-order chi connectivity index (χ0) is 20.3. The van der Waals surface area contributed by atoms with Crippen molar-refractivity contribution >= 4 is 35.1 Å². The molecule has 3 rings (SSSR count). The summed E-state index contributed by atoms with van der Waals surface area (Å²) in [4.78, 5) is 33.5. The molecule has 0 aliphatic carbocycles. The molecule has 2 N–H and O–H groups in total. The summed E-state index contributed by atoms with van der Waals surface area (Å²) in [5.41, 5.74) is 1.10. The summed E-state index contributed by atoms with van der Waals surface area (Å²) in [6, 6.07) is 6.54. The maximum absolute atomic E-state index is 12.7. The molecule has 2 aromatic rings. The van der Waals surface area contributed by atoms with Gasteiger partial charge in [-0.15, -0.1) is 0 Å². The molecule has 1 atom stereocenters. The monoisotopic (exact) mass is 373 g/mol. The number of anilines is 2. The van der Waals surface area contributed by atoms with Crippen molar-refractivity contribution < 1.29 is 12.3 Å². The van der Waals surface area contributed by atoms with Crippen molar-refractivity contribution in [3.63, 3.8) is 0 Å². The number of hydrogen-bond acceptors (Lipinski definition) is 5. The molecule has 0 radical (unpaired) electrons. The van der Waals surface area contributed by atoms with Gasteiger partial charge in [-0.3, -0.25) is 9.59 Å². The first-order chi connectivity index (χ1) is 13.4. The van der Waals surface area contributed by atoms with E-state index in [0.29, 0.717) is 30.8 Å². The van der Waals surface area contributed by atoms with Crippen LogP contribution >= 0.6 is 11.6 Å². The van der Waals surface area contributed by atoms with Crippen LogP contribution in [0, 0.1) is 0 Å². The predicted octanol–water partition coefficient (Wildman–Crippen LogP) is 2.58. The van der Waals surface area contributed by atoms with Gasteiger partial charge in [0, 0.05) is 30.4 Å². The molecule has 1 aromatic heterocycles. The third-order valence-electron chi connectivity index (χ3n) is 3.91. The highest BCUT2D eigenvalue weighted by Gasteiger charge is 2.27. The molecule has 1 aliphatic rings. The lowest BCUT2D eigenvalue weighted by Gasteiger charge is -2.17. The summed E-state index contributed by atoms with van der Waals surface area (Å²) in [7, 11) is 0. The van der Waals surface area contributed by atoms with E-state index in [-0.39, 0.29) is 41.2 Å². The Hall–Kier alpha value is -2.93. The number of likely N-dealkylation sites (tertiary alicyclic amines) is 1. The summed E-state index contributed by atoms with van der Waals surface area (Å²) in [5.74, 6) is -0.282. The van der Waals surface area contributed by atoms with Crippen molar-refractivity contribution in [1.82, 2.24) is 14.9 Å². The van der Waals surface area contributed by atoms with Crippen LogP contribution in [-0.4, -0.2) is 45.8 Å². The van der Waals surface area contributed by atoms with Crippen molar-refractivity contribution in [2.45, 2.75) is 12.5 Å². The second-order valence-electron chi connectivity index (χ2n) is 5.74. The van der Waals surface area contributed by atoms with E-state index in [9.17, 15) is 9.59 Å². The number of aromatic nitrogens is 2. The molecular formula is C18H18ClN5O2. The molecule has 26 heavy (non-hydrogen) atoms. The smallest absolute Gasteiger partial charge is 0.253 e. The number of amides is 2. The van der Waals surface area contributed by atoms with Crippen LogP contribution in [-0.2, 0) is 4.79 Å². The number of halogens is 1. The average Bonchev–Trinajstić information content (AvgIpc) is 3.14. The number of carbonyl (C=O) groups excluding carboxylic acids is 2. The topological polar surface area (TPSA) is 87.2 Å². The number of rotatable bonds is 5. The third kappa shape index (κ3) is 4.37. The van der Waals surface area contributed by atoms with Crippen LogP contribution < -0.4 is 10.6 Å². The van der Waals surface area contributed by atoms with Gasteiger partial charge < -0.3 is 15.5 Å². The van der Waals surface area contributed by atoms with Crippen molar-refractivity contribution in [2.24, 2.45) is 0 Å². The fourth-order valence-corrected chi connectivity index (χ4v) is 2.72. The highest BCUT2D eigenvalue weighted by molar-refractivity contribution is 6.30. The van der Waals surface area contributed by atoms with Gasteiger partial charge >= 0.3 is 0 Å². The van der Waals surface area contributed by atoms with E-state index >= 15 is 0 Å². The summed E-state index contributed by atoms with van der Waals surface area (Å²) >= 11 is 5.74. The van der Waals surface area contributed by atoms with E-state index in [0.717, 1.165) is 0 Å². The molecule has 1 saturated heterocycles. The van der Waals surface area contributed by atoms with Crippen LogP contribution in [0.25, 0.3) is 0 Å². The minimum atomic E-state index is -0.316. The first kappa shape index (κ1) is 15.3. The highest BCUT2D eigenvalue weighted by atomic mass is 35.5. The van der Waals surface area contributed by atoms with Gasteiger partial charge in [-0.05, 0) is 36.8 Å². The zero-order valence-corrected chi connectivity index (χ0v) is 14.6. The summed E-state index contributed by atoms with van der Waals surface area (Å²) in [6.07, 6.45) is 1.44. The van der Waals surface area contributed by atoms with Crippen LogP contribution in [0.4, 0.5) is 11.6 Å². The molecule has 0 spiro atoms. The lowest BCUT2D eigenvalue weighted by atomic mass is 10.2. The predicted molar refractivity (Wildman–Crippen MR) is 100 cm³/mol. The Balaban J connectivity index is 1.61. The largest absolute Gasteiger partial charge is 0.350 e. The molecule has 1 aliphatic heterocycles. The molecule has 8 heteroatoms. The van der Waals surface area contributed by atoms with E-state index < -0.39 is 0 Å². The van der Waals surface area contributed by atoms with E-state index in [4.69, 9.17) is 14.3 Å². The highest BCUT2D eigenvalue weighted by Crippen LogP contribution is 2.18. The number of carbonyl (C=O) groups is 2. The second kappa shape index (κ2) is 7.97. The molecule has 2 heterocycles. The number of benzene rings is 1. The van der Waals surface area contributed by atoms with Crippen LogP contribution in [0.2, 0.25) is 5.02 Å². The number of hydrogen-bond donors (Lipinski definition) is 2. The quantitative estimate of drug-likeness (QED) is 0.786. The maximum Gasteiger partial charge on any atom is 0.253 e. The van der Waals surface area contributed by atoms with Crippen LogP contribution in [0.3, 0.4) is 0 Å². The van der Waals surface area contributed by atoms with Crippen LogP contribution in [0.1, 0.15) is 19.5 Å². The maximum atomic E-state index is 12.7. The van der Waals surface area contributed by atoms with Gasteiger partial charge in [-0.25, -0.2) is 9.97 Å². The molecule has 0 saturated carbocycles. The Morgan fingerprint density at radius 1 is 1.31 bits per heavy atom. The van der Waals surface area contributed by atoms with E-state index in [1.807, 2.05) is 0 Å². The molecular weight excluding hydrogens is 354 g/mol. The number of nitrogens with zero attached hydrogens (tertiary/aromatic N) is 3. The molecule has 134 valence electrons. The van der Waals surface area contributed by atoms with E-state index in [1.54, 1.807) is 29.2 Å². The fourth-order valence-electron chi connectivity index (χ4n) is 2.64. The van der Waals surface area contributed by atoms with Crippen LogP contribution in [0.5, 0.6) is 0 Å². The Morgan fingerprint density at radius 2 is 2.00 bits per heavy atom. The van der Waals surface area contributed by atoms with Crippen molar-refractivity contribution in [3.05, 3.63) is 59.9 Å². The lowest BCUT2D eigenvalue weighted by Crippen LogP contribution is -2.31. The molecule has 0 bridgehead atoms. The van der Waals surface area contributed by atoms with Gasteiger partial charge in [0.05, 0.1) is 20.1 Å². The van der Waals surface area contributed by atoms with Crippen molar-refractivity contribution in [1.29, 1.82) is 0 Å². The van der Waals surface area contributed by atoms with Gasteiger partial charge in [-0.2, -0.15) is 0 Å². The van der Waals surface area contributed by atoms with Gasteiger partial charge in [-0.1, -0.05) is 18.2 Å². The molecule has 2 amide bonds. The minimum Gasteiger partial charge on any atom is -0.350 e. The van der Waals surface area contributed by atoms with Gasteiger partial charge in [0.15, 0.2) is 0 Å². The van der Waals surface area contributed by atoms with Gasteiger partial charge in [0.25, 0.3) is 5.91 Å². The van der Waals surface area contributed by atoms with E-state index in [1.165, 1.54) is 6.08 Å². The fraction of sp³-hybridized carbons (Fsp3) is 0.222. The Bertz CT molecular complexity index is 900. The Kier molecular flexibility index (Phi) is 4.70. The zero-order valence-electron chi connectivity index (χ0n) is 15.8. The lowest BCUT2D eigenvalue weighted by molar-refractivity contribution is -0.111. The SMILES string of the molecule is [2H]c1nc(N[C@@H]2CCN(C(=O)c3ccc(NC(=O)C=C)cc3)C2)nc([2H])c1Cl. The van der Waals surface area contributed by atoms with Crippen molar-refractivity contribution in [2.75, 3.05) is 23.7 Å². The Labute approximate surface area is 158 Å². The normalized spacial score (nSPS) is 17.3. The molecule has 1 fully saturated rings. The van der Waals surface area contributed by atoms with E-state index in [2.05, 4.69) is 27.2 Å². The van der Waals surface area contributed by atoms with Crippen LogP contribution in [0.15, 0.2) is 49.3 Å². The minimum absolute atomic E-state index is 0.0879. The molecule has 1 aromatic carbocycles. The molecule has 7 nitrogen and oxygen atoms in total. The first-order valence-electron chi connectivity index (χ1n) is 8.97. The van der Waals surface area contributed by atoms with Crippen molar-refractivity contribution in [3.8, 4) is 0 Å². The summed E-state index contributed by atoms with van der Waals surface area (Å²) in [5, 5.41) is 5.58. The Morgan fingerprint density at radius 3 is 2.65 bits per heavy atom. The molecule has 0 unspecified atom stereocenters. The average molecular weight is 374 g/mol. The van der Waals surface area contributed by atoms with Gasteiger partial charge in [0.1, 0.15) is 0 Å². The number of nitrogens with one attached hydrogen (secondary N) is 2. The van der Waals surface area contributed by atoms with Gasteiger partial charge in [0.2, 0.25) is 11.9 Å². The second-order valence-corrected chi connectivity index (χ2v) is 6.11. The summed E-state index contributed by atoms with van der Waals surface area (Å²) in [6.45, 7) is 4.39. The first-order valence-corrected chi connectivity index (χ1v) is 8.35. The standard InChI is InChI=1S/C18H18ClN5O2/c1-2-16(25)22-14-5-3-12(4-6-14)17(26)24-8-7-15(11-24)23-18-20-9-13(19)10-21-18/h2-6,9-10,15H,1,7-8,11H2,(H,22,25)(H,20,21,23)/t15-/m1/s1/i9D,10D. The summed E-state index contributed by atoms with van der Waals surface area (Å²) < 4.78 is 15.3. The third-order valence-corrected chi connectivity index (χ3v) is 4.08.